The third-order valence-electron chi connectivity index (χ3n) is 4.05. The fourth-order valence-electron chi connectivity index (χ4n) is 2.62. The molecule has 2 rings (SSSR count). The van der Waals surface area contributed by atoms with Crippen molar-refractivity contribution in [3.63, 3.8) is 0 Å². The number of halogens is 2. The van der Waals surface area contributed by atoms with Crippen LogP contribution in [0.1, 0.15) is 24.0 Å². The molecule has 0 saturated carbocycles. The second-order valence-electron chi connectivity index (χ2n) is 5.88. The Balaban J connectivity index is 1.71. The number of hydrogen-bond acceptors (Lipinski definition) is 3. The average molecular weight is 396 g/mol. The maximum atomic E-state index is 12.0. The minimum Gasteiger partial charge on any atom is -0.493 e. The molecule has 26 heavy (non-hydrogen) atoms. The normalized spacial score (nSPS) is 10.5. The minimum atomic E-state index is 0.0170. The number of methoxy groups -OCH3 is 2. The third-order valence-corrected chi connectivity index (χ3v) is 4.64. The number of ether oxygens (including phenoxy) is 2. The first kappa shape index (κ1) is 20.4. The van der Waals surface area contributed by atoms with Crippen molar-refractivity contribution < 1.29 is 14.3 Å². The van der Waals surface area contributed by atoms with Crippen LogP contribution in [0.5, 0.6) is 11.5 Å². The Hall–Kier alpha value is -1.91. The van der Waals surface area contributed by atoms with Crippen LogP contribution in [0, 0.1) is 0 Å². The monoisotopic (exact) mass is 395 g/mol. The van der Waals surface area contributed by atoms with Crippen molar-refractivity contribution in [2.45, 2.75) is 25.7 Å². The van der Waals surface area contributed by atoms with Gasteiger partial charge in [-0.3, -0.25) is 4.79 Å². The van der Waals surface area contributed by atoms with Gasteiger partial charge in [-0.15, -0.1) is 0 Å². The molecule has 0 heterocycles. The van der Waals surface area contributed by atoms with Gasteiger partial charge in [-0.2, -0.15) is 0 Å². The molecule has 4 nitrogen and oxygen atoms in total. The number of nitrogens with one attached hydrogen (secondary N) is 1. The van der Waals surface area contributed by atoms with Crippen LogP contribution in [-0.4, -0.2) is 26.7 Å². The van der Waals surface area contributed by atoms with Gasteiger partial charge in [0.15, 0.2) is 11.5 Å². The van der Waals surface area contributed by atoms with Crippen molar-refractivity contribution in [3.05, 3.63) is 57.6 Å². The Kier molecular flexibility index (Phi) is 8.07. The van der Waals surface area contributed by atoms with Crippen LogP contribution in [0.2, 0.25) is 10.0 Å². The summed E-state index contributed by atoms with van der Waals surface area (Å²) in [5.74, 6) is 1.45. The van der Waals surface area contributed by atoms with Gasteiger partial charge in [-0.05, 0) is 54.7 Å². The van der Waals surface area contributed by atoms with E-state index in [1.807, 2.05) is 24.3 Å². The standard InChI is InChI=1S/C20H23Cl2NO3/c1-25-18-9-5-14(12-19(18)26-2)4-3-11-23-20(24)10-7-15-6-8-16(21)13-17(15)22/h5-6,8-9,12-13H,3-4,7,10-11H2,1-2H3,(H,23,24). The number of benzene rings is 2. The molecule has 0 aromatic heterocycles. The Morgan fingerprint density at radius 1 is 1.00 bits per heavy atom. The molecule has 6 heteroatoms. The quantitative estimate of drug-likeness (QED) is 0.626. The zero-order chi connectivity index (χ0) is 18.9. The molecule has 0 aliphatic carbocycles. The Bertz CT molecular complexity index is 750. The van der Waals surface area contributed by atoms with Crippen molar-refractivity contribution in [1.82, 2.24) is 5.32 Å². The lowest BCUT2D eigenvalue weighted by Crippen LogP contribution is -2.25. The van der Waals surface area contributed by atoms with E-state index in [0.717, 1.165) is 24.0 Å². The van der Waals surface area contributed by atoms with Gasteiger partial charge in [0, 0.05) is 23.0 Å². The van der Waals surface area contributed by atoms with Crippen molar-refractivity contribution in [2.75, 3.05) is 20.8 Å². The second-order valence-corrected chi connectivity index (χ2v) is 6.72. The summed E-state index contributed by atoms with van der Waals surface area (Å²) in [7, 11) is 3.24. The Labute approximate surface area is 164 Å². The smallest absolute Gasteiger partial charge is 0.220 e. The first-order valence-electron chi connectivity index (χ1n) is 8.45. The van der Waals surface area contributed by atoms with E-state index in [1.54, 1.807) is 26.4 Å². The molecule has 0 spiro atoms. The molecule has 0 unspecified atom stereocenters. The number of carbonyl (C=O) groups is 1. The van der Waals surface area contributed by atoms with Gasteiger partial charge in [-0.25, -0.2) is 0 Å². The summed E-state index contributed by atoms with van der Waals surface area (Å²) in [5, 5.41) is 4.13. The second kappa shape index (κ2) is 10.3. The summed E-state index contributed by atoms with van der Waals surface area (Å²) in [6, 6.07) is 11.2. The van der Waals surface area contributed by atoms with Gasteiger partial charge >= 0.3 is 0 Å². The lowest BCUT2D eigenvalue weighted by Gasteiger charge is -2.10. The fraction of sp³-hybridized carbons (Fsp3) is 0.350. The first-order valence-corrected chi connectivity index (χ1v) is 9.20. The van der Waals surface area contributed by atoms with E-state index >= 15 is 0 Å². The van der Waals surface area contributed by atoms with Crippen molar-refractivity contribution in [3.8, 4) is 11.5 Å². The maximum absolute atomic E-state index is 12.0. The summed E-state index contributed by atoms with van der Waals surface area (Å²) >= 11 is 12.0. The van der Waals surface area contributed by atoms with Crippen LogP contribution in [-0.2, 0) is 17.6 Å². The van der Waals surface area contributed by atoms with Gasteiger partial charge in [-0.1, -0.05) is 35.3 Å². The largest absolute Gasteiger partial charge is 0.493 e. The molecule has 1 N–H and O–H groups in total. The molecular formula is C20H23Cl2NO3. The van der Waals surface area contributed by atoms with E-state index in [1.165, 1.54) is 0 Å². The lowest BCUT2D eigenvalue weighted by atomic mass is 10.1. The van der Waals surface area contributed by atoms with Crippen LogP contribution in [0.15, 0.2) is 36.4 Å². The highest BCUT2D eigenvalue weighted by molar-refractivity contribution is 6.35. The van der Waals surface area contributed by atoms with Gasteiger partial charge in [0.25, 0.3) is 0 Å². The molecule has 2 aromatic carbocycles. The van der Waals surface area contributed by atoms with Crippen molar-refractivity contribution in [2.24, 2.45) is 0 Å². The summed E-state index contributed by atoms with van der Waals surface area (Å²) < 4.78 is 10.5. The summed E-state index contributed by atoms with van der Waals surface area (Å²) in [5.41, 5.74) is 2.07. The molecule has 0 radical (unpaired) electrons. The topological polar surface area (TPSA) is 47.6 Å². The van der Waals surface area contributed by atoms with Crippen molar-refractivity contribution >= 4 is 29.1 Å². The number of aryl methyl sites for hydroxylation is 2. The molecule has 0 aliphatic rings. The van der Waals surface area contributed by atoms with Gasteiger partial charge < -0.3 is 14.8 Å². The molecule has 0 aliphatic heterocycles. The van der Waals surface area contributed by atoms with Crippen LogP contribution in [0.4, 0.5) is 0 Å². The fourth-order valence-corrected chi connectivity index (χ4v) is 3.12. The number of hydrogen-bond donors (Lipinski definition) is 1. The maximum Gasteiger partial charge on any atom is 0.220 e. The molecule has 0 atom stereocenters. The van der Waals surface area contributed by atoms with E-state index in [9.17, 15) is 4.79 Å². The predicted molar refractivity (Wildman–Crippen MR) is 106 cm³/mol. The number of amides is 1. The zero-order valence-electron chi connectivity index (χ0n) is 15.0. The molecule has 0 fully saturated rings. The van der Waals surface area contributed by atoms with E-state index in [-0.39, 0.29) is 5.91 Å². The minimum absolute atomic E-state index is 0.0170. The Morgan fingerprint density at radius 3 is 2.46 bits per heavy atom. The van der Waals surface area contributed by atoms with E-state index in [2.05, 4.69) is 5.32 Å². The van der Waals surface area contributed by atoms with Crippen molar-refractivity contribution in [1.29, 1.82) is 0 Å². The van der Waals surface area contributed by atoms with Crippen LogP contribution < -0.4 is 14.8 Å². The van der Waals surface area contributed by atoms with Crippen LogP contribution in [0.3, 0.4) is 0 Å². The highest BCUT2D eigenvalue weighted by Crippen LogP contribution is 2.28. The lowest BCUT2D eigenvalue weighted by molar-refractivity contribution is -0.121. The summed E-state index contributed by atoms with van der Waals surface area (Å²) in [4.78, 5) is 12.0. The molecule has 0 bridgehead atoms. The highest BCUT2D eigenvalue weighted by atomic mass is 35.5. The SMILES string of the molecule is COc1ccc(CCCNC(=O)CCc2ccc(Cl)cc2Cl)cc1OC. The molecule has 2 aromatic rings. The van der Waals surface area contributed by atoms with Crippen LogP contribution >= 0.6 is 23.2 Å². The van der Waals surface area contributed by atoms with Gasteiger partial charge in [0.2, 0.25) is 5.91 Å². The summed E-state index contributed by atoms with van der Waals surface area (Å²) in [6.07, 6.45) is 2.70. The highest BCUT2D eigenvalue weighted by Gasteiger charge is 2.07. The molecular weight excluding hydrogens is 373 g/mol. The third kappa shape index (κ3) is 6.11. The molecule has 1 amide bonds. The number of carbonyl (C=O) groups excluding carboxylic acids is 1. The summed E-state index contributed by atoms with van der Waals surface area (Å²) in [6.45, 7) is 0.627. The Morgan fingerprint density at radius 2 is 1.77 bits per heavy atom. The number of rotatable bonds is 9. The average Bonchev–Trinajstić information content (AvgIpc) is 2.64. The van der Waals surface area contributed by atoms with Crippen LogP contribution in [0.25, 0.3) is 0 Å². The van der Waals surface area contributed by atoms with E-state index in [0.29, 0.717) is 40.9 Å². The molecule has 0 saturated heterocycles. The predicted octanol–water partition coefficient (Wildman–Crippen LogP) is 4.69. The van der Waals surface area contributed by atoms with E-state index in [4.69, 9.17) is 32.7 Å². The zero-order valence-corrected chi connectivity index (χ0v) is 16.5. The van der Waals surface area contributed by atoms with E-state index < -0.39 is 0 Å². The van der Waals surface area contributed by atoms with Gasteiger partial charge in [0.05, 0.1) is 14.2 Å². The van der Waals surface area contributed by atoms with Gasteiger partial charge in [0.1, 0.15) is 0 Å². The molecule has 140 valence electrons. The first-order chi connectivity index (χ1) is 12.5.